The van der Waals surface area contributed by atoms with Crippen molar-refractivity contribution in [3.63, 3.8) is 0 Å². The van der Waals surface area contributed by atoms with Crippen LogP contribution in [-0.4, -0.2) is 53.8 Å². The molecule has 0 atom stereocenters. The Kier molecular flexibility index (Phi) is 6.78. The summed E-state index contributed by atoms with van der Waals surface area (Å²) < 4.78 is 5.75. The molecular formula is C26H32N4O2. The van der Waals surface area contributed by atoms with E-state index >= 15 is 0 Å². The standard InChI is InChI=1S/C26H32N4O2/c1-4-5-16-32-22-9-7-21(8-10-22)25-23(18-27-28-25)26(31)30-14-12-29(13-15-30)24-11-6-19(2)17-20(24)3/h6-11,17-18H,4-5,12-16H2,1-3H3,(H,27,28). The second kappa shape index (κ2) is 9.90. The number of H-pyrrole nitrogens is 1. The Hall–Kier alpha value is -3.28. The average Bonchev–Trinajstić information content (AvgIpc) is 3.29. The van der Waals surface area contributed by atoms with Crippen LogP contribution in [0.5, 0.6) is 5.75 Å². The van der Waals surface area contributed by atoms with Gasteiger partial charge < -0.3 is 14.5 Å². The summed E-state index contributed by atoms with van der Waals surface area (Å²) in [4.78, 5) is 17.6. The number of piperazine rings is 1. The van der Waals surface area contributed by atoms with E-state index in [1.54, 1.807) is 6.20 Å². The molecule has 1 aliphatic heterocycles. The van der Waals surface area contributed by atoms with Crippen molar-refractivity contribution in [2.45, 2.75) is 33.6 Å². The molecule has 0 bridgehead atoms. The molecule has 1 saturated heterocycles. The highest BCUT2D eigenvalue weighted by atomic mass is 16.5. The maximum atomic E-state index is 13.3. The summed E-state index contributed by atoms with van der Waals surface area (Å²) in [6, 6.07) is 14.4. The van der Waals surface area contributed by atoms with Crippen LogP contribution in [0.2, 0.25) is 0 Å². The zero-order valence-electron chi connectivity index (χ0n) is 19.2. The lowest BCUT2D eigenvalue weighted by Gasteiger charge is -2.36. The molecule has 6 heteroatoms. The first-order valence-electron chi connectivity index (χ1n) is 11.4. The average molecular weight is 433 g/mol. The lowest BCUT2D eigenvalue weighted by Crippen LogP contribution is -2.49. The third-order valence-corrected chi connectivity index (χ3v) is 6.04. The van der Waals surface area contributed by atoms with Gasteiger partial charge in [0.15, 0.2) is 0 Å². The molecule has 0 spiro atoms. The van der Waals surface area contributed by atoms with E-state index in [1.807, 2.05) is 29.2 Å². The van der Waals surface area contributed by atoms with Crippen LogP contribution in [0.15, 0.2) is 48.7 Å². The van der Waals surface area contributed by atoms with E-state index in [9.17, 15) is 4.79 Å². The van der Waals surface area contributed by atoms with Crippen LogP contribution in [0.25, 0.3) is 11.3 Å². The molecule has 0 radical (unpaired) electrons. The highest BCUT2D eigenvalue weighted by Crippen LogP contribution is 2.26. The number of nitrogens with zero attached hydrogens (tertiary/aromatic N) is 3. The molecule has 0 aliphatic carbocycles. The van der Waals surface area contributed by atoms with E-state index in [2.05, 4.69) is 54.1 Å². The number of anilines is 1. The van der Waals surface area contributed by atoms with E-state index in [4.69, 9.17) is 4.74 Å². The number of hydrogen-bond donors (Lipinski definition) is 1. The molecule has 3 aromatic rings. The van der Waals surface area contributed by atoms with Crippen molar-refractivity contribution in [3.05, 3.63) is 65.4 Å². The number of aromatic amines is 1. The number of ether oxygens (including phenoxy) is 1. The summed E-state index contributed by atoms with van der Waals surface area (Å²) in [7, 11) is 0. The van der Waals surface area contributed by atoms with Crippen LogP contribution in [0.4, 0.5) is 5.69 Å². The fraction of sp³-hybridized carbons (Fsp3) is 0.385. The normalized spacial score (nSPS) is 14.0. The van der Waals surface area contributed by atoms with Gasteiger partial charge in [0.05, 0.1) is 24.1 Å². The van der Waals surface area contributed by atoms with Crippen molar-refractivity contribution in [2.24, 2.45) is 0 Å². The van der Waals surface area contributed by atoms with Crippen LogP contribution in [0, 0.1) is 13.8 Å². The SMILES string of the molecule is CCCCOc1ccc(-c2[nH]ncc2C(=O)N2CCN(c3ccc(C)cc3C)CC2)cc1. The van der Waals surface area contributed by atoms with Gasteiger partial charge in [-0.15, -0.1) is 0 Å². The molecule has 4 rings (SSSR count). The lowest BCUT2D eigenvalue weighted by atomic mass is 10.1. The van der Waals surface area contributed by atoms with E-state index in [1.165, 1.54) is 16.8 Å². The molecule has 6 nitrogen and oxygen atoms in total. The number of rotatable bonds is 7. The van der Waals surface area contributed by atoms with E-state index in [0.29, 0.717) is 18.7 Å². The Labute approximate surface area is 190 Å². The fourth-order valence-electron chi connectivity index (χ4n) is 4.20. The highest BCUT2D eigenvalue weighted by Gasteiger charge is 2.26. The summed E-state index contributed by atoms with van der Waals surface area (Å²) in [6.07, 6.45) is 3.79. The number of carbonyl (C=O) groups excluding carboxylic acids is 1. The van der Waals surface area contributed by atoms with Crippen molar-refractivity contribution < 1.29 is 9.53 Å². The number of hydrogen-bond acceptors (Lipinski definition) is 4. The van der Waals surface area contributed by atoms with Crippen LogP contribution in [0.3, 0.4) is 0 Å². The second-order valence-electron chi connectivity index (χ2n) is 8.45. The van der Waals surface area contributed by atoms with E-state index in [-0.39, 0.29) is 5.91 Å². The number of unbranched alkanes of at least 4 members (excludes halogenated alkanes) is 1. The Morgan fingerprint density at radius 2 is 1.81 bits per heavy atom. The van der Waals surface area contributed by atoms with Crippen molar-refractivity contribution in [1.82, 2.24) is 15.1 Å². The van der Waals surface area contributed by atoms with Crippen LogP contribution >= 0.6 is 0 Å². The second-order valence-corrected chi connectivity index (χ2v) is 8.45. The smallest absolute Gasteiger partial charge is 0.257 e. The predicted molar refractivity (Wildman–Crippen MR) is 128 cm³/mol. The molecule has 1 aromatic heterocycles. The van der Waals surface area contributed by atoms with Gasteiger partial charge in [-0.05, 0) is 56.2 Å². The third-order valence-electron chi connectivity index (χ3n) is 6.04. The summed E-state index contributed by atoms with van der Waals surface area (Å²) >= 11 is 0. The van der Waals surface area contributed by atoms with Crippen LogP contribution in [0.1, 0.15) is 41.3 Å². The van der Waals surface area contributed by atoms with Gasteiger partial charge in [-0.25, -0.2) is 0 Å². The fourth-order valence-corrected chi connectivity index (χ4v) is 4.20. The van der Waals surface area contributed by atoms with Gasteiger partial charge in [-0.1, -0.05) is 31.0 Å². The Balaban J connectivity index is 1.41. The molecule has 0 unspecified atom stereocenters. The quantitative estimate of drug-likeness (QED) is 0.543. The largest absolute Gasteiger partial charge is 0.494 e. The number of carbonyl (C=O) groups is 1. The zero-order chi connectivity index (χ0) is 22.5. The summed E-state index contributed by atoms with van der Waals surface area (Å²) in [5.41, 5.74) is 6.12. The van der Waals surface area contributed by atoms with Crippen molar-refractivity contribution in [2.75, 3.05) is 37.7 Å². The molecule has 2 aromatic carbocycles. The zero-order valence-corrected chi connectivity index (χ0v) is 19.2. The molecule has 168 valence electrons. The van der Waals surface area contributed by atoms with Gasteiger partial charge >= 0.3 is 0 Å². The van der Waals surface area contributed by atoms with Crippen molar-refractivity contribution in [3.8, 4) is 17.0 Å². The van der Waals surface area contributed by atoms with Gasteiger partial charge in [0.2, 0.25) is 0 Å². The molecule has 2 heterocycles. The number of nitrogens with one attached hydrogen (secondary N) is 1. The van der Waals surface area contributed by atoms with Gasteiger partial charge in [-0.3, -0.25) is 9.89 Å². The topological polar surface area (TPSA) is 61.5 Å². The maximum Gasteiger partial charge on any atom is 0.257 e. The molecular weight excluding hydrogens is 400 g/mol. The van der Waals surface area contributed by atoms with Crippen molar-refractivity contribution in [1.29, 1.82) is 0 Å². The summed E-state index contributed by atoms with van der Waals surface area (Å²) in [5, 5.41) is 7.18. The molecule has 1 amide bonds. The summed E-state index contributed by atoms with van der Waals surface area (Å²) in [6.45, 7) is 10.2. The Bertz CT molecular complexity index is 1050. The molecule has 1 N–H and O–H groups in total. The molecule has 0 saturated carbocycles. The highest BCUT2D eigenvalue weighted by molar-refractivity contribution is 5.99. The van der Waals surface area contributed by atoms with Crippen LogP contribution in [-0.2, 0) is 0 Å². The van der Waals surface area contributed by atoms with E-state index in [0.717, 1.165) is 49.5 Å². The first kappa shape index (κ1) is 21.9. The number of amides is 1. The first-order chi connectivity index (χ1) is 15.6. The Morgan fingerprint density at radius 1 is 1.06 bits per heavy atom. The minimum absolute atomic E-state index is 0.0253. The molecule has 1 aliphatic rings. The van der Waals surface area contributed by atoms with Gasteiger partial charge in [0.25, 0.3) is 5.91 Å². The molecule has 1 fully saturated rings. The lowest BCUT2D eigenvalue weighted by molar-refractivity contribution is 0.0747. The Morgan fingerprint density at radius 3 is 2.50 bits per heavy atom. The van der Waals surface area contributed by atoms with Crippen molar-refractivity contribution >= 4 is 11.6 Å². The monoisotopic (exact) mass is 432 g/mol. The molecule has 32 heavy (non-hydrogen) atoms. The third kappa shape index (κ3) is 4.79. The number of aromatic nitrogens is 2. The number of benzene rings is 2. The minimum Gasteiger partial charge on any atom is -0.494 e. The maximum absolute atomic E-state index is 13.3. The van der Waals surface area contributed by atoms with Gasteiger partial charge in [0, 0.05) is 37.4 Å². The van der Waals surface area contributed by atoms with Gasteiger partial charge in [-0.2, -0.15) is 5.10 Å². The first-order valence-corrected chi connectivity index (χ1v) is 11.4. The van der Waals surface area contributed by atoms with Gasteiger partial charge in [0.1, 0.15) is 5.75 Å². The minimum atomic E-state index is 0.0253. The summed E-state index contributed by atoms with van der Waals surface area (Å²) in [5.74, 6) is 0.870. The predicted octanol–water partition coefficient (Wildman–Crippen LogP) is 4.83. The number of aryl methyl sites for hydroxylation is 2. The van der Waals surface area contributed by atoms with E-state index < -0.39 is 0 Å². The van der Waals surface area contributed by atoms with Crippen LogP contribution < -0.4 is 9.64 Å².